The molecule has 8 aromatic rings. The van der Waals surface area contributed by atoms with E-state index in [9.17, 15) is 0 Å². The quantitative estimate of drug-likeness (QED) is 0.211. The van der Waals surface area contributed by atoms with E-state index in [-0.39, 0.29) is 0 Å². The van der Waals surface area contributed by atoms with Crippen LogP contribution < -0.4 is 0 Å². The molecule has 0 atom stereocenters. The molecule has 2 heterocycles. The van der Waals surface area contributed by atoms with Crippen molar-refractivity contribution in [2.45, 2.75) is 0 Å². The van der Waals surface area contributed by atoms with Gasteiger partial charge in [0.15, 0.2) is 0 Å². The van der Waals surface area contributed by atoms with E-state index in [0.29, 0.717) is 0 Å². The summed E-state index contributed by atoms with van der Waals surface area (Å²) in [5, 5.41) is 11.5. The monoisotopic (exact) mass is 492 g/mol. The summed E-state index contributed by atoms with van der Waals surface area (Å²) in [5.41, 5.74) is 5.22. The van der Waals surface area contributed by atoms with Crippen LogP contribution >= 0.6 is 22.7 Å². The van der Waals surface area contributed by atoms with Crippen molar-refractivity contribution in [2.75, 3.05) is 0 Å². The van der Waals surface area contributed by atoms with E-state index < -0.39 is 0 Å². The molecule has 0 saturated heterocycles. The lowest BCUT2D eigenvalue weighted by Gasteiger charge is -2.18. The molecular weight excluding hydrogens is 473 g/mol. The second-order valence-electron chi connectivity index (χ2n) is 9.29. The van der Waals surface area contributed by atoms with Crippen molar-refractivity contribution in [1.82, 2.24) is 0 Å². The van der Waals surface area contributed by atoms with Crippen LogP contribution in [0.2, 0.25) is 0 Å². The summed E-state index contributed by atoms with van der Waals surface area (Å²) >= 11 is 3.73. The van der Waals surface area contributed by atoms with Crippen LogP contribution in [0.25, 0.3) is 74.1 Å². The first-order valence-corrected chi connectivity index (χ1v) is 13.9. The van der Waals surface area contributed by atoms with Gasteiger partial charge in [0.05, 0.1) is 0 Å². The molecule has 0 spiro atoms. The summed E-state index contributed by atoms with van der Waals surface area (Å²) in [6.45, 7) is 0. The number of thiophene rings is 2. The zero-order valence-electron chi connectivity index (χ0n) is 19.4. The molecule has 8 rings (SSSR count). The highest BCUT2D eigenvalue weighted by atomic mass is 32.1. The van der Waals surface area contributed by atoms with Crippen molar-refractivity contribution in [3.63, 3.8) is 0 Å². The summed E-state index contributed by atoms with van der Waals surface area (Å²) in [6, 6.07) is 42.5. The maximum absolute atomic E-state index is 2.40. The van der Waals surface area contributed by atoms with E-state index >= 15 is 0 Å². The Kier molecular flexibility index (Phi) is 4.36. The summed E-state index contributed by atoms with van der Waals surface area (Å²) in [5.74, 6) is 0. The maximum atomic E-state index is 2.40. The molecule has 2 heteroatoms. The van der Waals surface area contributed by atoms with Gasteiger partial charge in [-0.25, -0.2) is 0 Å². The van der Waals surface area contributed by atoms with Gasteiger partial charge in [-0.15, -0.1) is 22.7 Å². The minimum absolute atomic E-state index is 1.26. The van der Waals surface area contributed by atoms with E-state index in [1.807, 2.05) is 22.7 Å². The SMILES string of the molecule is c1ccc(-c2c3ccccc3c(-c3cccc4sc5cc6sccc6cc5c34)c3ccccc23)cc1. The Morgan fingerprint density at radius 2 is 1.11 bits per heavy atom. The number of hydrogen-bond donors (Lipinski definition) is 0. The summed E-state index contributed by atoms with van der Waals surface area (Å²) < 4.78 is 4.07. The average molecular weight is 493 g/mol. The largest absolute Gasteiger partial charge is 0.144 e. The number of rotatable bonds is 2. The van der Waals surface area contributed by atoms with Crippen LogP contribution in [0.3, 0.4) is 0 Å². The van der Waals surface area contributed by atoms with Crippen molar-refractivity contribution in [2.24, 2.45) is 0 Å². The van der Waals surface area contributed by atoms with E-state index in [1.54, 1.807) is 0 Å². The van der Waals surface area contributed by atoms with E-state index in [4.69, 9.17) is 0 Å². The standard InChI is InChI=1S/C34H20S2/c1-2-9-21(10-3-1)32-23-11-4-6-13-25(23)33(26-14-7-5-12-24(26)32)27-15-8-16-29-34(27)28-19-22-17-18-35-30(22)20-31(28)36-29/h1-20H. The number of benzene rings is 6. The first kappa shape index (κ1) is 20.2. The Morgan fingerprint density at radius 3 is 1.83 bits per heavy atom. The molecule has 0 aliphatic carbocycles. The second-order valence-corrected chi connectivity index (χ2v) is 11.3. The average Bonchev–Trinajstić information content (AvgIpc) is 3.54. The summed E-state index contributed by atoms with van der Waals surface area (Å²) in [7, 11) is 0. The zero-order chi connectivity index (χ0) is 23.6. The summed E-state index contributed by atoms with van der Waals surface area (Å²) in [6.07, 6.45) is 0. The fourth-order valence-electron chi connectivity index (χ4n) is 5.83. The zero-order valence-corrected chi connectivity index (χ0v) is 21.0. The van der Waals surface area contributed by atoms with Gasteiger partial charge in [-0.3, -0.25) is 0 Å². The molecule has 6 aromatic carbocycles. The molecule has 0 bridgehead atoms. The third-order valence-corrected chi connectivity index (χ3v) is 9.33. The highest BCUT2D eigenvalue weighted by molar-refractivity contribution is 7.26. The van der Waals surface area contributed by atoms with Gasteiger partial charge in [-0.2, -0.15) is 0 Å². The minimum Gasteiger partial charge on any atom is -0.144 e. The van der Waals surface area contributed by atoms with Gasteiger partial charge in [0.1, 0.15) is 0 Å². The molecule has 0 aliphatic rings. The molecule has 0 fully saturated rings. The fourth-order valence-corrected chi connectivity index (χ4v) is 7.86. The molecule has 168 valence electrons. The Hall–Kier alpha value is -3.98. The Balaban J connectivity index is 1.58. The topological polar surface area (TPSA) is 0 Å². The molecule has 0 nitrogen and oxygen atoms in total. The van der Waals surface area contributed by atoms with Gasteiger partial charge in [0.2, 0.25) is 0 Å². The molecule has 0 unspecified atom stereocenters. The summed E-state index contributed by atoms with van der Waals surface area (Å²) in [4.78, 5) is 0. The molecule has 2 aromatic heterocycles. The number of fused-ring (bicyclic) bond motifs is 6. The van der Waals surface area contributed by atoms with Crippen molar-refractivity contribution in [3.05, 3.63) is 121 Å². The highest BCUT2D eigenvalue weighted by Crippen LogP contribution is 2.48. The van der Waals surface area contributed by atoms with Crippen LogP contribution in [-0.4, -0.2) is 0 Å². The van der Waals surface area contributed by atoms with Crippen LogP contribution in [0.15, 0.2) is 121 Å². The van der Waals surface area contributed by atoms with Crippen molar-refractivity contribution < 1.29 is 0 Å². The van der Waals surface area contributed by atoms with Crippen LogP contribution in [-0.2, 0) is 0 Å². The number of hydrogen-bond acceptors (Lipinski definition) is 2. The first-order valence-electron chi connectivity index (χ1n) is 12.2. The van der Waals surface area contributed by atoms with Crippen LogP contribution in [0.4, 0.5) is 0 Å². The molecule has 0 N–H and O–H groups in total. The normalized spacial score (nSPS) is 11.9. The van der Waals surface area contributed by atoms with Crippen molar-refractivity contribution in [3.8, 4) is 22.3 Å². The molecule has 0 saturated carbocycles. The predicted octanol–water partition coefficient (Wildman–Crippen LogP) is 10.9. The molecular formula is C34H20S2. The van der Waals surface area contributed by atoms with E-state index in [1.165, 1.54) is 74.1 Å². The lowest BCUT2D eigenvalue weighted by atomic mass is 9.85. The fraction of sp³-hybridized carbons (Fsp3) is 0. The Labute approximate surface area is 216 Å². The van der Waals surface area contributed by atoms with Gasteiger partial charge >= 0.3 is 0 Å². The van der Waals surface area contributed by atoms with E-state index in [2.05, 4.69) is 121 Å². The molecule has 0 aliphatic heterocycles. The minimum atomic E-state index is 1.26. The van der Waals surface area contributed by atoms with Gasteiger partial charge in [0.25, 0.3) is 0 Å². The van der Waals surface area contributed by atoms with Crippen LogP contribution in [0.1, 0.15) is 0 Å². The Bertz CT molecular complexity index is 2030. The molecule has 0 radical (unpaired) electrons. The predicted molar refractivity (Wildman–Crippen MR) is 161 cm³/mol. The van der Waals surface area contributed by atoms with E-state index in [0.717, 1.165) is 0 Å². The lowest BCUT2D eigenvalue weighted by molar-refractivity contribution is 1.67. The van der Waals surface area contributed by atoms with Crippen molar-refractivity contribution in [1.29, 1.82) is 0 Å². The maximum Gasteiger partial charge on any atom is 0.0370 e. The third kappa shape index (κ3) is 2.86. The van der Waals surface area contributed by atoms with Gasteiger partial charge in [-0.05, 0) is 78.8 Å². The highest BCUT2D eigenvalue weighted by Gasteiger charge is 2.19. The van der Waals surface area contributed by atoms with Gasteiger partial charge in [-0.1, -0.05) is 91.0 Å². The first-order chi connectivity index (χ1) is 17.9. The smallest absolute Gasteiger partial charge is 0.0370 e. The molecule has 0 amide bonds. The van der Waals surface area contributed by atoms with Crippen LogP contribution in [0.5, 0.6) is 0 Å². The molecule has 36 heavy (non-hydrogen) atoms. The second kappa shape index (κ2) is 7.76. The Morgan fingerprint density at radius 1 is 0.444 bits per heavy atom. The van der Waals surface area contributed by atoms with Crippen LogP contribution in [0, 0.1) is 0 Å². The van der Waals surface area contributed by atoms with Gasteiger partial charge < -0.3 is 0 Å². The lowest BCUT2D eigenvalue weighted by Crippen LogP contribution is -1.91. The van der Waals surface area contributed by atoms with Crippen molar-refractivity contribution >= 4 is 74.5 Å². The third-order valence-electron chi connectivity index (χ3n) is 7.33. The van der Waals surface area contributed by atoms with Gasteiger partial charge in [0, 0.05) is 24.9 Å².